The quantitative estimate of drug-likeness (QED) is 0.794. The number of aromatic hydroxyl groups is 1. The molecule has 2 aromatic rings. The number of hydrogen-bond donors (Lipinski definition) is 3. The Kier molecular flexibility index (Phi) is 3.42. The van der Waals surface area contributed by atoms with Crippen LogP contribution in [0.1, 0.15) is 5.56 Å². The molecule has 3 rings (SSSR count). The topological polar surface area (TPSA) is 105 Å². The van der Waals surface area contributed by atoms with Crippen molar-refractivity contribution in [2.24, 2.45) is 16.5 Å². The SMILES string of the molecule is NC(=O)CN1Cc2cc(-c3ccccc3O)ccc2N=C1N. The van der Waals surface area contributed by atoms with Gasteiger partial charge in [-0.3, -0.25) is 4.79 Å². The summed E-state index contributed by atoms with van der Waals surface area (Å²) in [5.74, 6) is 0.0373. The predicted molar refractivity (Wildman–Crippen MR) is 84.4 cm³/mol. The highest BCUT2D eigenvalue weighted by molar-refractivity contribution is 5.88. The first-order valence-electron chi connectivity index (χ1n) is 6.83. The Labute approximate surface area is 127 Å². The zero-order valence-corrected chi connectivity index (χ0v) is 11.9. The Balaban J connectivity index is 1.99. The zero-order chi connectivity index (χ0) is 15.7. The highest BCUT2D eigenvalue weighted by Gasteiger charge is 2.19. The number of fused-ring (bicyclic) bond motifs is 1. The molecule has 0 saturated heterocycles. The molecule has 0 saturated carbocycles. The van der Waals surface area contributed by atoms with Crippen molar-refractivity contribution in [1.82, 2.24) is 4.90 Å². The van der Waals surface area contributed by atoms with Crippen LogP contribution in [0.15, 0.2) is 47.5 Å². The van der Waals surface area contributed by atoms with Gasteiger partial charge in [-0.15, -0.1) is 0 Å². The fourth-order valence-corrected chi connectivity index (χ4v) is 2.51. The van der Waals surface area contributed by atoms with Gasteiger partial charge in [0.1, 0.15) is 5.75 Å². The number of primary amides is 1. The van der Waals surface area contributed by atoms with E-state index in [4.69, 9.17) is 11.5 Å². The van der Waals surface area contributed by atoms with Crippen molar-refractivity contribution in [2.45, 2.75) is 6.54 Å². The van der Waals surface area contributed by atoms with E-state index in [-0.39, 0.29) is 18.3 Å². The summed E-state index contributed by atoms with van der Waals surface area (Å²) in [4.78, 5) is 17.0. The van der Waals surface area contributed by atoms with E-state index in [2.05, 4.69) is 4.99 Å². The van der Waals surface area contributed by atoms with Gasteiger partial charge in [-0.1, -0.05) is 24.3 Å². The Hall–Kier alpha value is -3.02. The summed E-state index contributed by atoms with van der Waals surface area (Å²) in [6.07, 6.45) is 0. The van der Waals surface area contributed by atoms with E-state index in [0.717, 1.165) is 22.4 Å². The van der Waals surface area contributed by atoms with E-state index in [9.17, 15) is 9.90 Å². The number of nitrogens with two attached hydrogens (primary N) is 2. The van der Waals surface area contributed by atoms with Gasteiger partial charge in [0.2, 0.25) is 5.91 Å². The monoisotopic (exact) mass is 296 g/mol. The van der Waals surface area contributed by atoms with E-state index in [0.29, 0.717) is 6.54 Å². The molecule has 6 nitrogen and oxygen atoms in total. The molecule has 5 N–H and O–H groups in total. The summed E-state index contributed by atoms with van der Waals surface area (Å²) < 4.78 is 0. The minimum atomic E-state index is -0.460. The summed E-state index contributed by atoms with van der Waals surface area (Å²) in [6.45, 7) is 0.477. The molecule has 1 heterocycles. The Morgan fingerprint density at radius 2 is 2.05 bits per heavy atom. The van der Waals surface area contributed by atoms with Gasteiger partial charge in [0.05, 0.1) is 12.2 Å². The molecule has 1 aliphatic rings. The number of amides is 1. The highest BCUT2D eigenvalue weighted by Crippen LogP contribution is 2.34. The Morgan fingerprint density at radius 3 is 2.77 bits per heavy atom. The highest BCUT2D eigenvalue weighted by atomic mass is 16.3. The number of phenolic OH excluding ortho intramolecular Hbond substituents is 1. The second kappa shape index (κ2) is 5.40. The molecule has 2 aromatic carbocycles. The van der Waals surface area contributed by atoms with Crippen molar-refractivity contribution < 1.29 is 9.90 Å². The maximum absolute atomic E-state index is 11.1. The third-order valence-corrected chi connectivity index (χ3v) is 3.56. The van der Waals surface area contributed by atoms with Crippen molar-refractivity contribution in [3.8, 4) is 16.9 Å². The number of carbonyl (C=O) groups excluding carboxylic acids is 1. The van der Waals surface area contributed by atoms with Gasteiger partial charge in [-0.25, -0.2) is 4.99 Å². The number of guanidine groups is 1. The van der Waals surface area contributed by atoms with Crippen LogP contribution in [0.3, 0.4) is 0 Å². The molecule has 1 amide bonds. The molecule has 0 aromatic heterocycles. The van der Waals surface area contributed by atoms with Crippen molar-refractivity contribution >= 4 is 17.6 Å². The lowest BCUT2D eigenvalue weighted by Gasteiger charge is -2.27. The molecule has 0 aliphatic carbocycles. The summed E-state index contributed by atoms with van der Waals surface area (Å²) in [5, 5.41) is 9.96. The van der Waals surface area contributed by atoms with Crippen LogP contribution in [-0.2, 0) is 11.3 Å². The summed E-state index contributed by atoms with van der Waals surface area (Å²) >= 11 is 0. The van der Waals surface area contributed by atoms with E-state index >= 15 is 0 Å². The number of rotatable bonds is 3. The largest absolute Gasteiger partial charge is 0.507 e. The van der Waals surface area contributed by atoms with Gasteiger partial charge in [-0.2, -0.15) is 0 Å². The lowest BCUT2D eigenvalue weighted by atomic mass is 10.00. The van der Waals surface area contributed by atoms with Crippen molar-refractivity contribution in [1.29, 1.82) is 0 Å². The van der Waals surface area contributed by atoms with Gasteiger partial charge in [0, 0.05) is 12.1 Å². The standard InChI is InChI=1S/C16H16N4O2/c17-15(22)9-20-8-11-7-10(5-6-13(11)19-16(20)18)12-3-1-2-4-14(12)21/h1-7,21H,8-9H2,(H2,17,22)(H2,18,19). The third kappa shape index (κ3) is 2.58. The lowest BCUT2D eigenvalue weighted by Crippen LogP contribution is -2.43. The molecule has 0 bridgehead atoms. The average molecular weight is 296 g/mol. The minimum Gasteiger partial charge on any atom is -0.507 e. The van der Waals surface area contributed by atoms with Gasteiger partial charge < -0.3 is 21.5 Å². The number of para-hydroxylation sites is 1. The first-order chi connectivity index (χ1) is 10.5. The zero-order valence-electron chi connectivity index (χ0n) is 11.9. The van der Waals surface area contributed by atoms with E-state index in [1.165, 1.54) is 0 Å². The summed E-state index contributed by atoms with van der Waals surface area (Å²) in [7, 11) is 0. The first kappa shape index (κ1) is 13.9. The van der Waals surface area contributed by atoms with Crippen molar-refractivity contribution in [2.75, 3.05) is 6.54 Å². The smallest absolute Gasteiger partial charge is 0.237 e. The Morgan fingerprint density at radius 1 is 1.27 bits per heavy atom. The van der Waals surface area contributed by atoms with E-state index in [1.54, 1.807) is 17.0 Å². The first-order valence-corrected chi connectivity index (χ1v) is 6.83. The van der Waals surface area contributed by atoms with Crippen molar-refractivity contribution in [3.05, 3.63) is 48.0 Å². The summed E-state index contributed by atoms with van der Waals surface area (Å²) in [6, 6.07) is 12.8. The molecule has 0 spiro atoms. The maximum Gasteiger partial charge on any atom is 0.237 e. The molecule has 0 atom stereocenters. The van der Waals surface area contributed by atoms with Crippen LogP contribution in [0.2, 0.25) is 0 Å². The second-order valence-electron chi connectivity index (χ2n) is 5.15. The van der Waals surface area contributed by atoms with E-state index in [1.807, 2.05) is 30.3 Å². The minimum absolute atomic E-state index is 0.0234. The third-order valence-electron chi connectivity index (χ3n) is 3.56. The van der Waals surface area contributed by atoms with Crippen LogP contribution in [0, 0.1) is 0 Å². The number of aliphatic imine (C=N–C) groups is 1. The molecule has 6 heteroatoms. The van der Waals surface area contributed by atoms with Gasteiger partial charge in [0.25, 0.3) is 0 Å². The van der Waals surface area contributed by atoms with Gasteiger partial charge in [-0.05, 0) is 29.3 Å². The fraction of sp³-hybridized carbons (Fsp3) is 0.125. The van der Waals surface area contributed by atoms with Crippen molar-refractivity contribution in [3.63, 3.8) is 0 Å². The molecular formula is C16H16N4O2. The molecule has 0 unspecified atom stereocenters. The van der Waals surface area contributed by atoms with E-state index < -0.39 is 5.91 Å². The van der Waals surface area contributed by atoms with Crippen LogP contribution in [0.4, 0.5) is 5.69 Å². The predicted octanol–water partition coefficient (Wildman–Crippen LogP) is 1.31. The van der Waals surface area contributed by atoms with Gasteiger partial charge in [0.15, 0.2) is 5.96 Å². The summed E-state index contributed by atoms with van der Waals surface area (Å²) in [5.41, 5.74) is 14.4. The molecule has 0 radical (unpaired) electrons. The number of hydrogen-bond acceptors (Lipinski definition) is 5. The van der Waals surface area contributed by atoms with Crippen LogP contribution < -0.4 is 11.5 Å². The normalized spacial score (nSPS) is 13.5. The number of benzene rings is 2. The van der Waals surface area contributed by atoms with Crippen LogP contribution in [0.5, 0.6) is 5.75 Å². The Bertz CT molecular complexity index is 770. The maximum atomic E-state index is 11.1. The average Bonchev–Trinajstić information content (AvgIpc) is 2.48. The molecule has 0 fully saturated rings. The number of nitrogens with zero attached hydrogens (tertiary/aromatic N) is 2. The molecular weight excluding hydrogens is 280 g/mol. The molecule has 112 valence electrons. The number of phenols is 1. The fourth-order valence-electron chi connectivity index (χ4n) is 2.51. The van der Waals surface area contributed by atoms with Crippen LogP contribution in [0.25, 0.3) is 11.1 Å². The lowest BCUT2D eigenvalue weighted by molar-refractivity contribution is -0.118. The molecule has 22 heavy (non-hydrogen) atoms. The van der Waals surface area contributed by atoms with Crippen LogP contribution in [-0.4, -0.2) is 28.4 Å². The molecule has 1 aliphatic heterocycles. The second-order valence-corrected chi connectivity index (χ2v) is 5.15. The van der Waals surface area contributed by atoms with Gasteiger partial charge >= 0.3 is 0 Å². The van der Waals surface area contributed by atoms with Crippen LogP contribution >= 0.6 is 0 Å². The number of carbonyl (C=O) groups is 1.